The Labute approximate surface area is 121 Å². The Hall–Kier alpha value is -2.63. The van der Waals surface area contributed by atoms with Crippen LogP contribution in [0.2, 0.25) is 0 Å². The zero-order chi connectivity index (χ0) is 15.4. The van der Waals surface area contributed by atoms with Gasteiger partial charge in [0.2, 0.25) is 0 Å². The van der Waals surface area contributed by atoms with Crippen LogP contribution in [0.5, 0.6) is 0 Å². The number of hydrogen-bond donors (Lipinski definition) is 2. The molecule has 21 heavy (non-hydrogen) atoms. The van der Waals surface area contributed by atoms with E-state index in [1.807, 2.05) is 49.2 Å². The van der Waals surface area contributed by atoms with Gasteiger partial charge < -0.3 is 9.88 Å². The average Bonchev–Trinajstić information content (AvgIpc) is 2.44. The molecule has 0 spiro atoms. The van der Waals surface area contributed by atoms with Crippen molar-refractivity contribution in [2.24, 2.45) is 0 Å². The van der Waals surface area contributed by atoms with Gasteiger partial charge in [-0.25, -0.2) is 4.79 Å². The highest BCUT2D eigenvalue weighted by molar-refractivity contribution is 5.92. The van der Waals surface area contributed by atoms with Crippen molar-refractivity contribution in [1.82, 2.24) is 14.9 Å². The number of carbonyl (C=O) groups is 1. The average molecular weight is 287 g/mol. The van der Waals surface area contributed by atoms with Crippen molar-refractivity contribution in [3.63, 3.8) is 0 Å². The molecular formula is C15H17N3O3. The Bertz CT molecular complexity index is 703. The fourth-order valence-electron chi connectivity index (χ4n) is 2.01. The van der Waals surface area contributed by atoms with Crippen LogP contribution in [0.1, 0.15) is 29.9 Å². The molecule has 0 aliphatic rings. The lowest BCUT2D eigenvalue weighted by atomic mass is 10.1. The van der Waals surface area contributed by atoms with Crippen LogP contribution in [0.4, 0.5) is 0 Å². The number of nitrogens with zero attached hydrogens (tertiary/aromatic N) is 1. The number of rotatable bonds is 4. The van der Waals surface area contributed by atoms with Gasteiger partial charge in [-0.1, -0.05) is 30.3 Å². The zero-order valence-electron chi connectivity index (χ0n) is 11.9. The van der Waals surface area contributed by atoms with Crippen molar-refractivity contribution in [2.45, 2.75) is 26.4 Å². The molecule has 6 heteroatoms. The van der Waals surface area contributed by atoms with Crippen molar-refractivity contribution in [3.8, 4) is 0 Å². The summed E-state index contributed by atoms with van der Waals surface area (Å²) < 4.78 is 0. The van der Waals surface area contributed by atoms with Crippen molar-refractivity contribution >= 4 is 5.91 Å². The monoisotopic (exact) mass is 287 g/mol. The number of aromatic amines is 2. The van der Waals surface area contributed by atoms with E-state index in [-0.39, 0.29) is 17.6 Å². The molecule has 0 radical (unpaired) electrons. The van der Waals surface area contributed by atoms with Crippen molar-refractivity contribution in [1.29, 1.82) is 0 Å². The minimum atomic E-state index is -0.686. The number of H-pyrrole nitrogens is 2. The van der Waals surface area contributed by atoms with Crippen LogP contribution in [0.25, 0.3) is 0 Å². The van der Waals surface area contributed by atoms with E-state index < -0.39 is 11.2 Å². The summed E-state index contributed by atoms with van der Waals surface area (Å²) in [6, 6.07) is 10.6. The fraction of sp³-hybridized carbons (Fsp3) is 0.267. The normalized spacial score (nSPS) is 10.6. The topological polar surface area (TPSA) is 86.0 Å². The molecule has 6 nitrogen and oxygen atoms in total. The van der Waals surface area contributed by atoms with E-state index in [4.69, 9.17) is 0 Å². The third-order valence-electron chi connectivity index (χ3n) is 3.07. The lowest BCUT2D eigenvalue weighted by molar-refractivity contribution is 0.0683. The Morgan fingerprint density at radius 1 is 1.14 bits per heavy atom. The smallest absolute Gasteiger partial charge is 0.326 e. The molecule has 0 saturated heterocycles. The lowest BCUT2D eigenvalue weighted by Gasteiger charge is -2.26. The highest BCUT2D eigenvalue weighted by atomic mass is 16.2. The van der Waals surface area contributed by atoms with Crippen molar-refractivity contribution < 1.29 is 4.79 Å². The minimum absolute atomic E-state index is 0.00613. The number of benzene rings is 1. The summed E-state index contributed by atoms with van der Waals surface area (Å²) in [4.78, 5) is 41.1. The summed E-state index contributed by atoms with van der Waals surface area (Å²) in [5.41, 5.74) is -0.306. The molecule has 0 bridgehead atoms. The van der Waals surface area contributed by atoms with Crippen LogP contribution < -0.4 is 11.2 Å². The van der Waals surface area contributed by atoms with Crippen LogP contribution in [0, 0.1) is 0 Å². The molecule has 1 aromatic heterocycles. The van der Waals surface area contributed by atoms with E-state index in [2.05, 4.69) is 4.98 Å². The van der Waals surface area contributed by atoms with Gasteiger partial charge in [0.15, 0.2) is 0 Å². The number of carbonyl (C=O) groups excluding carboxylic acids is 1. The molecule has 1 heterocycles. The quantitative estimate of drug-likeness (QED) is 0.883. The lowest BCUT2D eigenvalue weighted by Crippen LogP contribution is -2.38. The molecule has 0 aliphatic carbocycles. The second-order valence-electron chi connectivity index (χ2n) is 5.01. The van der Waals surface area contributed by atoms with Crippen LogP contribution in [-0.4, -0.2) is 26.8 Å². The number of nitrogens with one attached hydrogen (secondary N) is 2. The Morgan fingerprint density at radius 3 is 2.38 bits per heavy atom. The molecule has 2 aromatic rings. The maximum absolute atomic E-state index is 12.5. The first-order valence-electron chi connectivity index (χ1n) is 6.66. The third kappa shape index (κ3) is 3.68. The summed E-state index contributed by atoms with van der Waals surface area (Å²) in [6.07, 6.45) is 0. The Balaban J connectivity index is 2.31. The molecule has 0 aliphatic heterocycles. The first-order valence-corrected chi connectivity index (χ1v) is 6.66. The number of aromatic nitrogens is 2. The molecule has 0 saturated carbocycles. The van der Waals surface area contributed by atoms with Gasteiger partial charge in [0.25, 0.3) is 11.5 Å². The molecule has 1 aromatic carbocycles. The van der Waals surface area contributed by atoms with Crippen LogP contribution in [-0.2, 0) is 6.54 Å². The molecule has 0 unspecified atom stereocenters. The zero-order valence-corrected chi connectivity index (χ0v) is 11.9. The maximum atomic E-state index is 12.5. The second kappa shape index (κ2) is 6.21. The third-order valence-corrected chi connectivity index (χ3v) is 3.07. The SMILES string of the molecule is CC(C)N(Cc1ccccc1)C(=O)c1cc(=O)[nH]c(=O)[nH]1. The summed E-state index contributed by atoms with van der Waals surface area (Å²) in [6.45, 7) is 4.17. The molecule has 2 N–H and O–H groups in total. The van der Waals surface area contributed by atoms with Crippen LogP contribution in [0.3, 0.4) is 0 Å². The van der Waals surface area contributed by atoms with Crippen molar-refractivity contribution in [2.75, 3.05) is 0 Å². The van der Waals surface area contributed by atoms with Gasteiger partial charge in [0.1, 0.15) is 5.69 Å². The van der Waals surface area contributed by atoms with Gasteiger partial charge in [-0.05, 0) is 19.4 Å². The highest BCUT2D eigenvalue weighted by Gasteiger charge is 2.20. The van der Waals surface area contributed by atoms with Gasteiger partial charge in [-0.2, -0.15) is 0 Å². The van der Waals surface area contributed by atoms with Gasteiger partial charge >= 0.3 is 5.69 Å². The summed E-state index contributed by atoms with van der Waals surface area (Å²) in [5.74, 6) is -0.378. The van der Waals surface area contributed by atoms with E-state index >= 15 is 0 Å². The molecule has 1 amide bonds. The largest absolute Gasteiger partial charge is 0.331 e. The molecule has 110 valence electrons. The fourth-order valence-corrected chi connectivity index (χ4v) is 2.01. The Kier molecular flexibility index (Phi) is 4.37. The first-order chi connectivity index (χ1) is 9.97. The predicted octanol–water partition coefficient (Wildman–Crippen LogP) is 1.11. The van der Waals surface area contributed by atoms with Gasteiger partial charge in [0.05, 0.1) is 0 Å². The van der Waals surface area contributed by atoms with Gasteiger partial charge in [0, 0.05) is 18.7 Å². The van der Waals surface area contributed by atoms with E-state index in [0.29, 0.717) is 6.54 Å². The minimum Gasteiger partial charge on any atom is -0.331 e. The highest BCUT2D eigenvalue weighted by Crippen LogP contribution is 2.11. The van der Waals surface area contributed by atoms with Crippen LogP contribution in [0.15, 0.2) is 46.0 Å². The standard InChI is InChI=1S/C15H17N3O3/c1-10(2)18(9-11-6-4-3-5-7-11)14(20)12-8-13(19)17-15(21)16-12/h3-8,10H,9H2,1-2H3,(H2,16,17,19,21). The van der Waals surface area contributed by atoms with E-state index in [1.54, 1.807) is 4.90 Å². The molecular weight excluding hydrogens is 270 g/mol. The van der Waals surface area contributed by atoms with Gasteiger partial charge in [-0.15, -0.1) is 0 Å². The molecule has 0 atom stereocenters. The second-order valence-corrected chi connectivity index (χ2v) is 5.01. The van der Waals surface area contributed by atoms with E-state index in [1.165, 1.54) is 0 Å². The predicted molar refractivity (Wildman–Crippen MR) is 79.1 cm³/mol. The van der Waals surface area contributed by atoms with Crippen molar-refractivity contribution in [3.05, 3.63) is 68.5 Å². The molecule has 2 rings (SSSR count). The molecule has 0 fully saturated rings. The summed E-state index contributed by atoms with van der Waals surface area (Å²) in [5, 5.41) is 0. The Morgan fingerprint density at radius 2 is 1.81 bits per heavy atom. The van der Waals surface area contributed by atoms with Crippen LogP contribution >= 0.6 is 0 Å². The van der Waals surface area contributed by atoms with E-state index in [0.717, 1.165) is 11.6 Å². The first kappa shape index (κ1) is 14.8. The number of hydrogen-bond acceptors (Lipinski definition) is 3. The van der Waals surface area contributed by atoms with E-state index in [9.17, 15) is 14.4 Å². The number of amides is 1. The van der Waals surface area contributed by atoms with Gasteiger partial charge in [-0.3, -0.25) is 14.6 Å². The summed E-state index contributed by atoms with van der Waals surface area (Å²) >= 11 is 0. The maximum Gasteiger partial charge on any atom is 0.326 e. The summed E-state index contributed by atoms with van der Waals surface area (Å²) in [7, 11) is 0.